The largest absolute Gasteiger partial charge is 0.481 e. The predicted molar refractivity (Wildman–Crippen MR) is 76.1 cm³/mol. The summed E-state index contributed by atoms with van der Waals surface area (Å²) in [7, 11) is 0. The van der Waals surface area contributed by atoms with Crippen molar-refractivity contribution in [1.82, 2.24) is 9.88 Å². The molecule has 0 aliphatic rings. The molecular weight excluding hydrogens is 256 g/mol. The molecule has 0 spiro atoms. The minimum Gasteiger partial charge on any atom is -0.481 e. The Balaban J connectivity index is 2.61. The zero-order valence-corrected chi connectivity index (χ0v) is 12.3. The highest BCUT2D eigenvalue weighted by Crippen LogP contribution is 2.12. The number of carbonyl (C=O) groups is 2. The highest BCUT2D eigenvalue weighted by molar-refractivity contribution is 5.77. The Hall–Kier alpha value is -1.91. The van der Waals surface area contributed by atoms with E-state index in [1.807, 2.05) is 32.0 Å². The molecule has 0 aliphatic heterocycles. The summed E-state index contributed by atoms with van der Waals surface area (Å²) in [5.41, 5.74) is 1.77. The van der Waals surface area contributed by atoms with Gasteiger partial charge in [-0.05, 0) is 31.9 Å². The number of carboxylic acid groups (broad SMARTS) is 1. The molecule has 1 amide bonds. The molecule has 1 N–H and O–H groups in total. The van der Waals surface area contributed by atoms with E-state index in [9.17, 15) is 9.59 Å². The predicted octanol–water partition coefficient (Wildman–Crippen LogP) is 2.24. The Morgan fingerprint density at radius 1 is 1.35 bits per heavy atom. The average Bonchev–Trinajstić information content (AvgIpc) is 2.34. The molecule has 0 fully saturated rings. The number of aliphatic carboxylic acids is 1. The third-order valence-electron chi connectivity index (χ3n) is 3.08. The van der Waals surface area contributed by atoms with Crippen molar-refractivity contribution in [3.05, 3.63) is 29.6 Å². The zero-order chi connectivity index (χ0) is 15.1. The summed E-state index contributed by atoms with van der Waals surface area (Å²) in [5.74, 6) is -1.04. The normalized spacial score (nSPS) is 11.9. The summed E-state index contributed by atoms with van der Waals surface area (Å²) < 4.78 is 0. The van der Waals surface area contributed by atoms with Gasteiger partial charge >= 0.3 is 5.97 Å². The number of aromatic nitrogens is 1. The van der Waals surface area contributed by atoms with E-state index in [-0.39, 0.29) is 24.7 Å². The van der Waals surface area contributed by atoms with Gasteiger partial charge in [-0.15, -0.1) is 0 Å². The zero-order valence-electron chi connectivity index (χ0n) is 12.3. The van der Waals surface area contributed by atoms with Crippen molar-refractivity contribution < 1.29 is 14.7 Å². The second kappa shape index (κ2) is 7.62. The fourth-order valence-corrected chi connectivity index (χ4v) is 2.06. The van der Waals surface area contributed by atoms with Crippen molar-refractivity contribution in [1.29, 1.82) is 0 Å². The van der Waals surface area contributed by atoms with Crippen LogP contribution in [0.4, 0.5) is 0 Å². The van der Waals surface area contributed by atoms with Crippen LogP contribution >= 0.6 is 0 Å². The van der Waals surface area contributed by atoms with Crippen LogP contribution < -0.4 is 0 Å². The van der Waals surface area contributed by atoms with E-state index in [1.54, 1.807) is 11.8 Å². The summed E-state index contributed by atoms with van der Waals surface area (Å²) in [6.07, 6.45) is 0.276. The lowest BCUT2D eigenvalue weighted by atomic mass is 10.0. The molecule has 20 heavy (non-hydrogen) atoms. The van der Waals surface area contributed by atoms with Gasteiger partial charge in [0.2, 0.25) is 5.91 Å². The first-order valence-electron chi connectivity index (χ1n) is 6.84. The topological polar surface area (TPSA) is 70.5 Å². The first-order chi connectivity index (χ1) is 9.42. The van der Waals surface area contributed by atoms with Gasteiger partial charge in [0.25, 0.3) is 0 Å². The summed E-state index contributed by atoms with van der Waals surface area (Å²) in [6, 6.07) is 5.73. The Labute approximate surface area is 119 Å². The van der Waals surface area contributed by atoms with Crippen molar-refractivity contribution in [3.63, 3.8) is 0 Å². The van der Waals surface area contributed by atoms with Gasteiger partial charge in [0, 0.05) is 25.1 Å². The molecule has 110 valence electrons. The van der Waals surface area contributed by atoms with Crippen LogP contribution in [0.1, 0.15) is 38.1 Å². The maximum atomic E-state index is 12.2. The SMILES string of the molecule is CCN(Cc1cccc(C)n1)C(=O)CC(C)CC(=O)O. The lowest BCUT2D eigenvalue weighted by molar-refractivity contribution is -0.138. The maximum absolute atomic E-state index is 12.2. The summed E-state index contributed by atoms with van der Waals surface area (Å²) in [4.78, 5) is 28.9. The maximum Gasteiger partial charge on any atom is 0.303 e. The number of hydrogen-bond donors (Lipinski definition) is 1. The lowest BCUT2D eigenvalue weighted by Crippen LogP contribution is -2.32. The van der Waals surface area contributed by atoms with Gasteiger partial charge in [-0.1, -0.05) is 13.0 Å². The molecule has 1 rings (SSSR count). The van der Waals surface area contributed by atoms with E-state index in [2.05, 4.69) is 4.98 Å². The minimum atomic E-state index is -0.867. The highest BCUT2D eigenvalue weighted by atomic mass is 16.4. The molecule has 1 aromatic rings. The Kier molecular flexibility index (Phi) is 6.15. The van der Waals surface area contributed by atoms with Gasteiger partial charge in [-0.3, -0.25) is 14.6 Å². The van der Waals surface area contributed by atoms with Crippen LogP contribution in [0.15, 0.2) is 18.2 Å². The van der Waals surface area contributed by atoms with E-state index >= 15 is 0 Å². The lowest BCUT2D eigenvalue weighted by Gasteiger charge is -2.22. The van der Waals surface area contributed by atoms with Gasteiger partial charge in [-0.25, -0.2) is 0 Å². The monoisotopic (exact) mass is 278 g/mol. The highest BCUT2D eigenvalue weighted by Gasteiger charge is 2.17. The molecule has 1 atom stereocenters. The molecule has 5 heteroatoms. The number of hydrogen-bond acceptors (Lipinski definition) is 3. The van der Waals surface area contributed by atoms with E-state index in [0.717, 1.165) is 11.4 Å². The first kappa shape index (κ1) is 16.1. The fraction of sp³-hybridized carbons (Fsp3) is 0.533. The van der Waals surface area contributed by atoms with Crippen molar-refractivity contribution in [2.75, 3.05) is 6.54 Å². The third kappa shape index (κ3) is 5.38. The number of nitrogens with zero attached hydrogens (tertiary/aromatic N) is 2. The molecule has 0 aliphatic carbocycles. The van der Waals surface area contributed by atoms with E-state index in [0.29, 0.717) is 13.1 Å². The molecule has 0 radical (unpaired) electrons. The second-order valence-corrected chi connectivity index (χ2v) is 5.09. The van der Waals surface area contributed by atoms with Crippen LogP contribution in [-0.4, -0.2) is 33.4 Å². The number of pyridine rings is 1. The van der Waals surface area contributed by atoms with Crippen molar-refractivity contribution in [2.24, 2.45) is 5.92 Å². The van der Waals surface area contributed by atoms with Gasteiger partial charge in [0.15, 0.2) is 0 Å². The Bertz CT molecular complexity index is 474. The van der Waals surface area contributed by atoms with E-state index in [4.69, 9.17) is 5.11 Å². The Morgan fingerprint density at radius 2 is 2.05 bits per heavy atom. The second-order valence-electron chi connectivity index (χ2n) is 5.09. The number of aryl methyl sites for hydroxylation is 1. The summed E-state index contributed by atoms with van der Waals surface area (Å²) in [6.45, 7) is 6.67. The Morgan fingerprint density at radius 3 is 2.60 bits per heavy atom. The van der Waals surface area contributed by atoms with Crippen molar-refractivity contribution in [3.8, 4) is 0 Å². The molecule has 0 aromatic carbocycles. The number of carbonyl (C=O) groups excluding carboxylic acids is 1. The molecule has 5 nitrogen and oxygen atoms in total. The van der Waals surface area contributed by atoms with Crippen LogP contribution in [0.5, 0.6) is 0 Å². The molecular formula is C15H22N2O3. The molecule has 1 unspecified atom stereocenters. The van der Waals surface area contributed by atoms with Crippen LogP contribution in [0.3, 0.4) is 0 Å². The van der Waals surface area contributed by atoms with Crippen LogP contribution in [-0.2, 0) is 16.1 Å². The summed E-state index contributed by atoms with van der Waals surface area (Å²) in [5, 5.41) is 8.72. The van der Waals surface area contributed by atoms with Gasteiger partial charge < -0.3 is 10.0 Å². The van der Waals surface area contributed by atoms with Crippen LogP contribution in [0, 0.1) is 12.8 Å². The van der Waals surface area contributed by atoms with Crippen LogP contribution in [0.2, 0.25) is 0 Å². The summed E-state index contributed by atoms with van der Waals surface area (Å²) >= 11 is 0. The molecule has 0 bridgehead atoms. The van der Waals surface area contributed by atoms with Crippen LogP contribution in [0.25, 0.3) is 0 Å². The standard InChI is InChI=1S/C15H22N2O3/c1-4-17(10-13-7-5-6-12(3)16-13)14(18)8-11(2)9-15(19)20/h5-7,11H,4,8-10H2,1-3H3,(H,19,20). The first-order valence-corrected chi connectivity index (χ1v) is 6.84. The third-order valence-corrected chi connectivity index (χ3v) is 3.08. The van der Waals surface area contributed by atoms with E-state index < -0.39 is 5.97 Å². The number of amides is 1. The van der Waals surface area contributed by atoms with Gasteiger partial charge in [0.05, 0.1) is 12.2 Å². The van der Waals surface area contributed by atoms with Crippen molar-refractivity contribution >= 4 is 11.9 Å². The average molecular weight is 278 g/mol. The van der Waals surface area contributed by atoms with E-state index in [1.165, 1.54) is 0 Å². The minimum absolute atomic E-state index is 0.0198. The molecule has 1 heterocycles. The molecule has 1 aromatic heterocycles. The number of rotatable bonds is 7. The van der Waals surface area contributed by atoms with Gasteiger partial charge in [-0.2, -0.15) is 0 Å². The quantitative estimate of drug-likeness (QED) is 0.830. The van der Waals surface area contributed by atoms with Gasteiger partial charge in [0.1, 0.15) is 0 Å². The fourth-order valence-electron chi connectivity index (χ4n) is 2.06. The number of carboxylic acids is 1. The molecule has 0 saturated carbocycles. The molecule has 0 saturated heterocycles. The van der Waals surface area contributed by atoms with Crippen molar-refractivity contribution in [2.45, 2.75) is 40.2 Å². The smallest absolute Gasteiger partial charge is 0.303 e.